The highest BCUT2D eigenvalue weighted by Crippen LogP contribution is 2.28. The molecule has 1 atom stereocenters. The van der Waals surface area contributed by atoms with Gasteiger partial charge < -0.3 is 10.2 Å². The van der Waals surface area contributed by atoms with Crippen LogP contribution in [-0.4, -0.2) is 43.3 Å². The molecule has 4 aromatic carbocycles. The van der Waals surface area contributed by atoms with Gasteiger partial charge in [-0.15, -0.1) is 0 Å². The Morgan fingerprint density at radius 3 is 1.95 bits per heavy atom. The Balaban J connectivity index is 1.82. The second kappa shape index (κ2) is 14.2. The monoisotopic (exact) mass is 675 g/mol. The van der Waals surface area contributed by atoms with Gasteiger partial charge in [0.25, 0.3) is 10.0 Å². The van der Waals surface area contributed by atoms with E-state index >= 15 is 0 Å². The third-order valence-corrected chi connectivity index (χ3v) is 9.33. The number of hydrogen-bond acceptors (Lipinski definition) is 4. The van der Waals surface area contributed by atoms with Gasteiger partial charge in [0, 0.05) is 23.0 Å². The van der Waals surface area contributed by atoms with Gasteiger partial charge in [0.05, 0.1) is 10.6 Å². The van der Waals surface area contributed by atoms with Crippen molar-refractivity contribution >= 4 is 43.5 Å². The predicted octanol–water partition coefficient (Wildman–Crippen LogP) is 6.51. The van der Waals surface area contributed by atoms with Crippen molar-refractivity contribution in [2.24, 2.45) is 0 Å². The molecule has 44 heavy (non-hydrogen) atoms. The molecular formula is C35H38BrN3O4S. The predicted molar refractivity (Wildman–Crippen MR) is 179 cm³/mol. The van der Waals surface area contributed by atoms with Crippen LogP contribution in [0.2, 0.25) is 0 Å². The van der Waals surface area contributed by atoms with Crippen molar-refractivity contribution in [3.05, 3.63) is 130 Å². The number of para-hydroxylation sites is 1. The molecule has 1 N–H and O–H groups in total. The first-order valence-electron chi connectivity index (χ1n) is 14.4. The minimum Gasteiger partial charge on any atom is -0.350 e. The van der Waals surface area contributed by atoms with Crippen LogP contribution < -0.4 is 9.62 Å². The summed E-state index contributed by atoms with van der Waals surface area (Å²) in [6, 6.07) is 31.2. The Hall–Kier alpha value is -3.95. The van der Waals surface area contributed by atoms with Gasteiger partial charge in [-0.05, 0) is 74.7 Å². The first-order valence-corrected chi connectivity index (χ1v) is 16.6. The molecule has 9 heteroatoms. The van der Waals surface area contributed by atoms with Crippen molar-refractivity contribution in [3.8, 4) is 0 Å². The standard InChI is InChI=1S/C35H38BrN3O4S/c1-26-13-11-12-18-31(26)39(44(42,43)30-16-9-6-10-17-30)25-33(40)38(24-28-19-21-29(36)22-20-28)32(34(41)37-35(2,3)4)23-27-14-7-5-8-15-27/h5-22,32H,23-25H2,1-4H3,(H,37,41)/t32-/m1/s1. The molecule has 0 saturated carbocycles. The van der Waals surface area contributed by atoms with Gasteiger partial charge >= 0.3 is 0 Å². The topological polar surface area (TPSA) is 86.8 Å². The zero-order valence-electron chi connectivity index (χ0n) is 25.4. The molecule has 0 spiro atoms. The zero-order chi connectivity index (χ0) is 31.9. The number of anilines is 1. The van der Waals surface area contributed by atoms with Crippen LogP contribution in [0.25, 0.3) is 0 Å². The number of amides is 2. The normalized spacial score (nSPS) is 12.3. The van der Waals surface area contributed by atoms with Gasteiger partial charge in [-0.25, -0.2) is 8.42 Å². The molecule has 0 aromatic heterocycles. The molecule has 4 rings (SSSR count). The molecule has 0 aliphatic rings. The second-order valence-electron chi connectivity index (χ2n) is 11.7. The first-order chi connectivity index (χ1) is 20.8. The number of rotatable bonds is 11. The Bertz CT molecular complexity index is 1670. The maximum absolute atomic E-state index is 14.5. The molecule has 0 aliphatic carbocycles. The van der Waals surface area contributed by atoms with Gasteiger partial charge in [-0.3, -0.25) is 13.9 Å². The second-order valence-corrected chi connectivity index (χ2v) is 14.5. The number of aryl methyl sites for hydroxylation is 1. The van der Waals surface area contributed by atoms with Gasteiger partial charge in [-0.1, -0.05) is 94.8 Å². The van der Waals surface area contributed by atoms with E-state index in [0.29, 0.717) is 11.3 Å². The molecule has 7 nitrogen and oxygen atoms in total. The highest BCUT2D eigenvalue weighted by Gasteiger charge is 2.35. The Labute approximate surface area is 269 Å². The van der Waals surface area contributed by atoms with E-state index in [-0.39, 0.29) is 23.8 Å². The van der Waals surface area contributed by atoms with Crippen LogP contribution in [0.4, 0.5) is 5.69 Å². The summed E-state index contributed by atoms with van der Waals surface area (Å²) in [5, 5.41) is 3.05. The van der Waals surface area contributed by atoms with E-state index in [1.54, 1.807) is 30.3 Å². The summed E-state index contributed by atoms with van der Waals surface area (Å²) in [6.07, 6.45) is 0.251. The van der Waals surface area contributed by atoms with Crippen LogP contribution in [0, 0.1) is 6.92 Å². The summed E-state index contributed by atoms with van der Waals surface area (Å²) in [4.78, 5) is 30.0. The Morgan fingerprint density at radius 2 is 1.36 bits per heavy atom. The fraction of sp³-hybridized carbons (Fsp3) is 0.257. The van der Waals surface area contributed by atoms with Crippen molar-refractivity contribution in [1.29, 1.82) is 0 Å². The molecule has 0 heterocycles. The third kappa shape index (κ3) is 8.57. The van der Waals surface area contributed by atoms with Crippen molar-refractivity contribution in [1.82, 2.24) is 10.2 Å². The molecular weight excluding hydrogens is 638 g/mol. The van der Waals surface area contributed by atoms with Gasteiger partial charge in [-0.2, -0.15) is 0 Å². The number of benzene rings is 4. The number of carbonyl (C=O) groups excluding carboxylic acids is 2. The Morgan fingerprint density at radius 1 is 0.795 bits per heavy atom. The quantitative estimate of drug-likeness (QED) is 0.196. The third-order valence-electron chi connectivity index (χ3n) is 7.03. The molecule has 4 aromatic rings. The highest BCUT2D eigenvalue weighted by molar-refractivity contribution is 9.10. The van der Waals surface area contributed by atoms with Crippen LogP contribution in [0.5, 0.6) is 0 Å². The number of carbonyl (C=O) groups is 2. The maximum Gasteiger partial charge on any atom is 0.264 e. The average Bonchev–Trinajstić information content (AvgIpc) is 2.99. The van der Waals surface area contributed by atoms with Crippen LogP contribution in [0.3, 0.4) is 0 Å². The Kier molecular flexibility index (Phi) is 10.7. The summed E-state index contributed by atoms with van der Waals surface area (Å²) >= 11 is 3.46. The molecule has 0 radical (unpaired) electrons. The van der Waals surface area contributed by atoms with Crippen LogP contribution >= 0.6 is 15.9 Å². The summed E-state index contributed by atoms with van der Waals surface area (Å²) < 4.78 is 30.2. The number of sulfonamides is 1. The van der Waals surface area contributed by atoms with Gasteiger partial charge in [0.15, 0.2) is 0 Å². The molecule has 0 bridgehead atoms. The summed E-state index contributed by atoms with van der Waals surface area (Å²) in [5.41, 5.74) is 2.22. The van der Waals surface area contributed by atoms with Gasteiger partial charge in [0.2, 0.25) is 11.8 Å². The lowest BCUT2D eigenvalue weighted by Crippen LogP contribution is -2.56. The van der Waals surface area contributed by atoms with E-state index in [1.165, 1.54) is 17.0 Å². The molecule has 0 fully saturated rings. The fourth-order valence-corrected chi connectivity index (χ4v) is 6.63. The van der Waals surface area contributed by atoms with Gasteiger partial charge in [0.1, 0.15) is 12.6 Å². The fourth-order valence-electron chi connectivity index (χ4n) is 4.87. The average molecular weight is 677 g/mol. The van der Waals surface area contributed by atoms with E-state index in [2.05, 4.69) is 21.2 Å². The summed E-state index contributed by atoms with van der Waals surface area (Å²) in [7, 11) is -4.14. The highest BCUT2D eigenvalue weighted by atomic mass is 79.9. The maximum atomic E-state index is 14.5. The van der Waals surface area contributed by atoms with Crippen LogP contribution in [-0.2, 0) is 32.6 Å². The zero-order valence-corrected chi connectivity index (χ0v) is 27.8. The van der Waals surface area contributed by atoms with E-state index < -0.39 is 34.1 Å². The minimum absolute atomic E-state index is 0.0711. The van der Waals surface area contributed by atoms with Crippen molar-refractivity contribution in [2.45, 2.75) is 57.1 Å². The largest absolute Gasteiger partial charge is 0.350 e. The molecule has 230 valence electrons. The number of nitrogens with zero attached hydrogens (tertiary/aromatic N) is 2. The molecule has 0 aliphatic heterocycles. The number of nitrogens with one attached hydrogen (secondary N) is 1. The lowest BCUT2D eigenvalue weighted by molar-refractivity contribution is -0.140. The van der Waals surface area contributed by atoms with E-state index in [1.807, 2.05) is 94.4 Å². The van der Waals surface area contributed by atoms with Crippen molar-refractivity contribution < 1.29 is 18.0 Å². The smallest absolute Gasteiger partial charge is 0.264 e. The van der Waals surface area contributed by atoms with Crippen LogP contribution in [0.15, 0.2) is 119 Å². The molecule has 0 saturated heterocycles. The van der Waals surface area contributed by atoms with Crippen molar-refractivity contribution in [2.75, 3.05) is 10.8 Å². The lowest BCUT2D eigenvalue weighted by Gasteiger charge is -2.35. The van der Waals surface area contributed by atoms with E-state index in [9.17, 15) is 18.0 Å². The lowest BCUT2D eigenvalue weighted by atomic mass is 10.0. The minimum atomic E-state index is -4.14. The summed E-state index contributed by atoms with van der Waals surface area (Å²) in [6.45, 7) is 7.08. The van der Waals surface area contributed by atoms with E-state index in [4.69, 9.17) is 0 Å². The molecule has 0 unspecified atom stereocenters. The molecule has 2 amide bonds. The number of hydrogen-bond donors (Lipinski definition) is 1. The van der Waals surface area contributed by atoms with E-state index in [0.717, 1.165) is 19.9 Å². The first kappa shape index (κ1) is 33.0. The summed E-state index contributed by atoms with van der Waals surface area (Å²) in [5.74, 6) is -0.819. The van der Waals surface area contributed by atoms with Crippen molar-refractivity contribution in [3.63, 3.8) is 0 Å². The number of halogens is 1. The SMILES string of the molecule is Cc1ccccc1N(CC(=O)N(Cc1ccc(Br)cc1)[C@H](Cc1ccccc1)C(=O)NC(C)(C)C)S(=O)(=O)c1ccccc1. The van der Waals surface area contributed by atoms with Crippen LogP contribution in [0.1, 0.15) is 37.5 Å².